The van der Waals surface area contributed by atoms with Crippen molar-refractivity contribution in [2.24, 2.45) is 0 Å². The predicted octanol–water partition coefficient (Wildman–Crippen LogP) is 6.07. The number of furan rings is 1. The first-order valence-corrected chi connectivity index (χ1v) is 12.2. The highest BCUT2D eigenvalue weighted by Gasteiger charge is 2.34. The largest absolute Gasteiger partial charge is 0.457 e. The number of nitrogens with one attached hydrogen (secondary N) is 2. The van der Waals surface area contributed by atoms with Crippen LogP contribution in [0.4, 0.5) is 5.00 Å². The van der Waals surface area contributed by atoms with E-state index in [1.54, 1.807) is 11.3 Å². The number of benzene rings is 2. The zero-order valence-electron chi connectivity index (χ0n) is 17.8. The van der Waals surface area contributed by atoms with Gasteiger partial charge in [-0.15, -0.1) is 11.3 Å². The van der Waals surface area contributed by atoms with Crippen LogP contribution in [0.2, 0.25) is 5.02 Å². The van der Waals surface area contributed by atoms with Crippen LogP contribution in [0.5, 0.6) is 0 Å². The fraction of sp³-hybridized carbons (Fsp3) is 0.192. The average molecular weight is 476 g/mol. The van der Waals surface area contributed by atoms with Crippen LogP contribution < -0.4 is 10.6 Å². The van der Waals surface area contributed by atoms with Crippen LogP contribution in [0.1, 0.15) is 38.3 Å². The Bertz CT molecular complexity index is 1330. The van der Waals surface area contributed by atoms with Gasteiger partial charge in [-0.3, -0.25) is 9.69 Å². The summed E-state index contributed by atoms with van der Waals surface area (Å²) in [4.78, 5) is 16.8. The van der Waals surface area contributed by atoms with Crippen LogP contribution in [0.15, 0.2) is 71.1 Å². The molecule has 2 aromatic heterocycles. The van der Waals surface area contributed by atoms with Gasteiger partial charge in [0.15, 0.2) is 6.17 Å². The lowest BCUT2D eigenvalue weighted by atomic mass is 10.0. The van der Waals surface area contributed by atoms with E-state index in [9.17, 15) is 4.79 Å². The van der Waals surface area contributed by atoms with Crippen LogP contribution in [-0.4, -0.2) is 17.4 Å². The topological polar surface area (TPSA) is 57.5 Å². The summed E-state index contributed by atoms with van der Waals surface area (Å²) in [5.74, 6) is 1.35. The molecule has 0 aliphatic carbocycles. The second kappa shape index (κ2) is 8.37. The lowest BCUT2D eigenvalue weighted by molar-refractivity contribution is 0.0930. The first-order valence-electron chi connectivity index (χ1n) is 11.0. The predicted molar refractivity (Wildman–Crippen MR) is 132 cm³/mol. The zero-order chi connectivity index (χ0) is 22.4. The van der Waals surface area contributed by atoms with Gasteiger partial charge in [0.1, 0.15) is 16.5 Å². The summed E-state index contributed by atoms with van der Waals surface area (Å²) in [6, 6.07) is 21.9. The van der Waals surface area contributed by atoms with Crippen molar-refractivity contribution in [3.8, 4) is 11.3 Å². The summed E-state index contributed by atoms with van der Waals surface area (Å²) in [7, 11) is 0. The number of rotatable bonds is 4. The summed E-state index contributed by atoms with van der Waals surface area (Å²) in [5, 5.41) is 8.15. The molecule has 1 amide bonds. The number of halogens is 1. The molecule has 0 saturated heterocycles. The fourth-order valence-corrected chi connectivity index (χ4v) is 6.10. The molecule has 0 saturated carbocycles. The lowest BCUT2D eigenvalue weighted by Crippen LogP contribution is -2.38. The minimum Gasteiger partial charge on any atom is -0.457 e. The van der Waals surface area contributed by atoms with Crippen LogP contribution >= 0.6 is 22.9 Å². The number of anilines is 1. The molecule has 166 valence electrons. The van der Waals surface area contributed by atoms with E-state index in [0.29, 0.717) is 10.8 Å². The summed E-state index contributed by atoms with van der Waals surface area (Å²) >= 11 is 7.80. The number of hydrogen-bond donors (Lipinski definition) is 2. The van der Waals surface area contributed by atoms with Gasteiger partial charge in [-0.2, -0.15) is 0 Å². The van der Waals surface area contributed by atoms with Crippen molar-refractivity contribution in [2.75, 3.05) is 11.9 Å². The molecule has 6 rings (SSSR count). The Kier molecular flexibility index (Phi) is 5.21. The average Bonchev–Trinajstić information content (AvgIpc) is 3.45. The molecule has 2 aliphatic heterocycles. The third kappa shape index (κ3) is 3.95. The van der Waals surface area contributed by atoms with Gasteiger partial charge >= 0.3 is 0 Å². The molecule has 0 fully saturated rings. The van der Waals surface area contributed by atoms with Gasteiger partial charge in [-0.05, 0) is 41.8 Å². The van der Waals surface area contributed by atoms with E-state index in [1.165, 1.54) is 16.0 Å². The molecular weight excluding hydrogens is 454 g/mol. The minimum absolute atomic E-state index is 0.0385. The molecule has 2 aromatic carbocycles. The molecule has 2 N–H and O–H groups in total. The first kappa shape index (κ1) is 20.5. The molecule has 0 bridgehead atoms. The van der Waals surface area contributed by atoms with Gasteiger partial charge < -0.3 is 15.1 Å². The molecule has 2 aliphatic rings. The normalized spacial score (nSPS) is 17.7. The second-order valence-electron chi connectivity index (χ2n) is 8.42. The lowest BCUT2D eigenvalue weighted by Gasteiger charge is -2.28. The number of thiophene rings is 1. The molecule has 0 radical (unpaired) electrons. The summed E-state index contributed by atoms with van der Waals surface area (Å²) in [6.45, 7) is 2.73. The quantitative estimate of drug-likeness (QED) is 0.376. The van der Waals surface area contributed by atoms with Crippen LogP contribution in [-0.2, 0) is 19.5 Å². The number of amides is 1. The molecule has 5 nitrogen and oxygen atoms in total. The number of hydrogen-bond acceptors (Lipinski definition) is 5. The van der Waals surface area contributed by atoms with E-state index >= 15 is 0 Å². The molecule has 4 heterocycles. The summed E-state index contributed by atoms with van der Waals surface area (Å²) < 4.78 is 6.07. The van der Waals surface area contributed by atoms with E-state index in [2.05, 4.69) is 39.8 Å². The number of carbonyl (C=O) groups is 1. The monoisotopic (exact) mass is 475 g/mol. The maximum Gasteiger partial charge on any atom is 0.256 e. The third-order valence-corrected chi connectivity index (χ3v) is 7.57. The highest BCUT2D eigenvalue weighted by Crippen LogP contribution is 2.41. The maximum absolute atomic E-state index is 13.1. The van der Waals surface area contributed by atoms with Crippen molar-refractivity contribution in [3.63, 3.8) is 0 Å². The van der Waals surface area contributed by atoms with E-state index in [4.69, 9.17) is 16.0 Å². The Morgan fingerprint density at radius 3 is 2.79 bits per heavy atom. The van der Waals surface area contributed by atoms with E-state index in [0.717, 1.165) is 47.9 Å². The van der Waals surface area contributed by atoms with E-state index < -0.39 is 6.17 Å². The van der Waals surface area contributed by atoms with Gasteiger partial charge in [0.2, 0.25) is 0 Å². The van der Waals surface area contributed by atoms with Crippen molar-refractivity contribution < 1.29 is 9.21 Å². The Morgan fingerprint density at radius 1 is 1.06 bits per heavy atom. The Morgan fingerprint density at radius 2 is 1.94 bits per heavy atom. The highest BCUT2D eigenvalue weighted by atomic mass is 35.5. The Labute approximate surface area is 201 Å². The van der Waals surface area contributed by atoms with Gasteiger partial charge in [-0.1, -0.05) is 54.1 Å². The van der Waals surface area contributed by atoms with Gasteiger partial charge in [0, 0.05) is 35.1 Å². The summed E-state index contributed by atoms with van der Waals surface area (Å²) in [5.41, 5.74) is 4.20. The highest BCUT2D eigenvalue weighted by molar-refractivity contribution is 7.16. The number of fused-ring (bicyclic) bond motifs is 3. The van der Waals surface area contributed by atoms with Crippen LogP contribution in [0.25, 0.3) is 11.3 Å². The van der Waals surface area contributed by atoms with Crippen LogP contribution in [0.3, 0.4) is 0 Å². The maximum atomic E-state index is 13.1. The smallest absolute Gasteiger partial charge is 0.256 e. The molecule has 7 heteroatoms. The van der Waals surface area contributed by atoms with E-state index in [-0.39, 0.29) is 5.91 Å². The Hall–Kier alpha value is -3.06. The summed E-state index contributed by atoms with van der Waals surface area (Å²) in [6.07, 6.45) is 0.478. The van der Waals surface area contributed by atoms with Crippen molar-refractivity contribution in [1.29, 1.82) is 0 Å². The molecule has 0 spiro atoms. The van der Waals surface area contributed by atoms with Gasteiger partial charge in [-0.25, -0.2) is 0 Å². The third-order valence-electron chi connectivity index (χ3n) is 6.18. The Balaban J connectivity index is 1.22. The second-order valence-corrected chi connectivity index (χ2v) is 9.96. The molecular formula is C26H22ClN3O2S. The van der Waals surface area contributed by atoms with Crippen molar-refractivity contribution >= 4 is 33.8 Å². The SMILES string of the molecule is O=C1N[C@H](c2ccc(-c3cccc(Cl)c3)o2)Nc2sc3c(c21)CCN(Cc1ccccc1)C3. The molecule has 4 aromatic rings. The van der Waals surface area contributed by atoms with Gasteiger partial charge in [0.05, 0.1) is 5.56 Å². The molecule has 33 heavy (non-hydrogen) atoms. The van der Waals surface area contributed by atoms with Crippen molar-refractivity contribution in [1.82, 2.24) is 10.2 Å². The van der Waals surface area contributed by atoms with Crippen molar-refractivity contribution in [2.45, 2.75) is 25.7 Å². The fourth-order valence-electron chi connectivity index (χ4n) is 4.59. The zero-order valence-corrected chi connectivity index (χ0v) is 19.4. The van der Waals surface area contributed by atoms with E-state index in [1.807, 2.05) is 42.5 Å². The standard InChI is InChI=1S/C26H22ClN3O2S/c27-18-8-4-7-17(13-18)20-9-10-21(32-20)24-28-25(31)23-19-11-12-30(14-16-5-2-1-3-6-16)15-22(19)33-26(23)29-24/h1-10,13,24,29H,11-12,14-15H2,(H,28,31)/t24-/m0/s1. The molecule has 1 atom stereocenters. The minimum atomic E-state index is -0.404. The first-order chi connectivity index (χ1) is 16.1. The number of carbonyl (C=O) groups excluding carboxylic acids is 1. The van der Waals surface area contributed by atoms with Gasteiger partial charge in [0.25, 0.3) is 5.91 Å². The number of nitrogens with zero attached hydrogens (tertiary/aromatic N) is 1. The molecule has 0 unspecified atom stereocenters. The van der Waals surface area contributed by atoms with Crippen molar-refractivity contribution in [3.05, 3.63) is 99.1 Å². The van der Waals surface area contributed by atoms with Crippen LogP contribution in [0, 0.1) is 0 Å².